The van der Waals surface area contributed by atoms with Gasteiger partial charge in [0.1, 0.15) is 6.07 Å². The second kappa shape index (κ2) is 2.83. The molecule has 0 aliphatic carbocycles. The monoisotopic (exact) mass is 209 g/mol. The Bertz CT molecular complexity index is 518. The number of carbonyl (C=O) groups is 1. The third-order valence-corrected chi connectivity index (χ3v) is 3.78. The lowest BCUT2D eigenvalue weighted by atomic mass is 10.2. The minimum atomic E-state index is -0.971. The maximum atomic E-state index is 10.7. The second-order valence-corrected chi connectivity index (χ2v) is 4.40. The van der Waals surface area contributed by atoms with Gasteiger partial charge in [-0.25, -0.2) is 4.79 Å². The van der Waals surface area contributed by atoms with Crippen LogP contribution in [0.3, 0.4) is 0 Å². The Morgan fingerprint density at radius 3 is 2.77 bits per heavy atom. The largest absolute Gasteiger partial charge is 0.478 e. The Balaban J connectivity index is 2.85. The van der Waals surface area contributed by atoms with Gasteiger partial charge < -0.3 is 5.11 Å². The summed E-state index contributed by atoms with van der Waals surface area (Å²) in [6.07, 6.45) is 0. The summed E-state index contributed by atoms with van der Waals surface area (Å²) in [4.78, 5) is 10.7. The molecule has 3 nitrogen and oxygen atoms in total. The van der Waals surface area contributed by atoms with Crippen LogP contribution in [-0.4, -0.2) is 11.1 Å². The molecule has 0 bridgehead atoms. The first-order valence-electron chi connectivity index (χ1n) is 3.36. The smallest absolute Gasteiger partial charge is 0.337 e. The summed E-state index contributed by atoms with van der Waals surface area (Å²) in [5, 5.41) is 21.4. The van der Waals surface area contributed by atoms with Crippen molar-refractivity contribution < 1.29 is 9.90 Å². The summed E-state index contributed by atoms with van der Waals surface area (Å²) in [6, 6.07) is 1.99. The molecule has 13 heavy (non-hydrogen) atoms. The first kappa shape index (κ1) is 8.23. The Morgan fingerprint density at radius 2 is 2.15 bits per heavy atom. The van der Waals surface area contributed by atoms with Crippen LogP contribution in [-0.2, 0) is 0 Å². The molecule has 1 N–H and O–H groups in total. The Labute approximate surface area is 81.5 Å². The maximum Gasteiger partial charge on any atom is 0.337 e. The molecule has 2 aromatic heterocycles. The molecule has 64 valence electrons. The number of fused-ring (bicyclic) bond motifs is 1. The molecule has 5 heteroatoms. The number of thiophene rings is 2. The van der Waals surface area contributed by atoms with Gasteiger partial charge in [0.05, 0.1) is 15.1 Å². The van der Waals surface area contributed by atoms with Crippen LogP contribution < -0.4 is 0 Å². The molecular weight excluding hydrogens is 206 g/mol. The molecule has 2 aromatic rings. The van der Waals surface area contributed by atoms with Gasteiger partial charge in [-0.1, -0.05) is 0 Å². The SMILES string of the molecule is N#Cc1csc2scc(C(=O)O)c12. The predicted molar refractivity (Wildman–Crippen MR) is 51.4 cm³/mol. The van der Waals surface area contributed by atoms with E-state index in [-0.39, 0.29) is 5.56 Å². The van der Waals surface area contributed by atoms with Crippen molar-refractivity contribution in [3.8, 4) is 6.07 Å². The van der Waals surface area contributed by atoms with Crippen LogP contribution >= 0.6 is 22.7 Å². The second-order valence-electron chi connectivity index (χ2n) is 2.38. The van der Waals surface area contributed by atoms with Gasteiger partial charge in [-0.3, -0.25) is 0 Å². The molecule has 0 aliphatic heterocycles. The van der Waals surface area contributed by atoms with E-state index < -0.39 is 5.97 Å². The fraction of sp³-hybridized carbons (Fsp3) is 0. The van der Waals surface area contributed by atoms with Crippen LogP contribution in [0.5, 0.6) is 0 Å². The third-order valence-electron chi connectivity index (χ3n) is 1.66. The van der Waals surface area contributed by atoms with Gasteiger partial charge in [-0.2, -0.15) is 5.26 Å². The molecule has 0 fully saturated rings. The van der Waals surface area contributed by atoms with Crippen LogP contribution in [0, 0.1) is 11.3 Å². The molecule has 0 amide bonds. The molecule has 0 spiro atoms. The van der Waals surface area contributed by atoms with E-state index in [9.17, 15) is 4.79 Å². The number of carboxylic acid groups (broad SMARTS) is 1. The van der Waals surface area contributed by atoms with Crippen molar-refractivity contribution >= 4 is 38.0 Å². The Kier molecular flexibility index (Phi) is 1.79. The molecule has 0 atom stereocenters. The van der Waals surface area contributed by atoms with Crippen molar-refractivity contribution in [2.24, 2.45) is 0 Å². The molecule has 2 rings (SSSR count). The van der Waals surface area contributed by atoms with E-state index in [0.717, 1.165) is 4.01 Å². The molecule has 0 radical (unpaired) electrons. The lowest BCUT2D eigenvalue weighted by Gasteiger charge is -1.87. The average Bonchev–Trinajstić information content (AvgIpc) is 2.61. The van der Waals surface area contributed by atoms with E-state index in [4.69, 9.17) is 10.4 Å². The van der Waals surface area contributed by atoms with Crippen molar-refractivity contribution in [1.29, 1.82) is 5.26 Å². The summed E-state index contributed by atoms with van der Waals surface area (Å²) in [7, 11) is 0. The third kappa shape index (κ3) is 1.11. The van der Waals surface area contributed by atoms with Crippen LogP contribution in [0.1, 0.15) is 15.9 Å². The summed E-state index contributed by atoms with van der Waals surface area (Å²) in [5.74, 6) is -0.971. The van der Waals surface area contributed by atoms with Crippen molar-refractivity contribution in [3.63, 3.8) is 0 Å². The van der Waals surface area contributed by atoms with Crippen LogP contribution in [0.4, 0.5) is 0 Å². The summed E-state index contributed by atoms with van der Waals surface area (Å²) < 4.78 is 0.897. The number of rotatable bonds is 1. The standard InChI is InChI=1S/C8H3NO2S2/c9-1-4-2-12-8-6(4)5(3-13-8)7(10)11/h2-3H,(H,10,11). The summed E-state index contributed by atoms with van der Waals surface area (Å²) in [6.45, 7) is 0. The number of hydrogen-bond acceptors (Lipinski definition) is 4. The normalized spacial score (nSPS) is 10.1. The molecule has 0 aromatic carbocycles. The fourth-order valence-corrected chi connectivity index (χ4v) is 3.12. The minimum absolute atomic E-state index is 0.234. The van der Waals surface area contributed by atoms with Crippen LogP contribution in [0.2, 0.25) is 0 Å². The molecule has 0 saturated carbocycles. The minimum Gasteiger partial charge on any atom is -0.478 e. The number of aromatic carboxylic acids is 1. The van der Waals surface area contributed by atoms with Crippen LogP contribution in [0.25, 0.3) is 9.40 Å². The van der Waals surface area contributed by atoms with Crippen molar-refractivity contribution in [2.75, 3.05) is 0 Å². The Hall–Kier alpha value is -1.38. The molecule has 0 unspecified atom stereocenters. The predicted octanol–water partition coefficient (Wildman–Crippen LogP) is 2.53. The zero-order valence-electron chi connectivity index (χ0n) is 6.27. The fourth-order valence-electron chi connectivity index (χ4n) is 1.09. The number of nitriles is 1. The lowest BCUT2D eigenvalue weighted by molar-refractivity contribution is 0.0699. The molecule has 0 saturated heterocycles. The Morgan fingerprint density at radius 1 is 1.46 bits per heavy atom. The van der Waals surface area contributed by atoms with E-state index >= 15 is 0 Å². The van der Waals surface area contributed by atoms with Gasteiger partial charge in [0.15, 0.2) is 0 Å². The van der Waals surface area contributed by atoms with Crippen LogP contribution in [0.15, 0.2) is 10.8 Å². The van der Waals surface area contributed by atoms with Gasteiger partial charge in [0.2, 0.25) is 0 Å². The highest BCUT2D eigenvalue weighted by atomic mass is 32.2. The number of hydrogen-bond donors (Lipinski definition) is 1. The zero-order valence-corrected chi connectivity index (χ0v) is 7.91. The molecule has 2 heterocycles. The highest BCUT2D eigenvalue weighted by Crippen LogP contribution is 2.34. The molecular formula is C8H3NO2S2. The topological polar surface area (TPSA) is 61.1 Å². The zero-order chi connectivity index (χ0) is 9.42. The lowest BCUT2D eigenvalue weighted by Crippen LogP contribution is -1.93. The highest BCUT2D eigenvalue weighted by molar-refractivity contribution is 7.37. The van der Waals surface area contributed by atoms with Gasteiger partial charge in [-0.05, 0) is 0 Å². The van der Waals surface area contributed by atoms with Gasteiger partial charge in [0, 0.05) is 16.1 Å². The quantitative estimate of drug-likeness (QED) is 0.785. The maximum absolute atomic E-state index is 10.7. The van der Waals surface area contributed by atoms with E-state index in [2.05, 4.69) is 0 Å². The van der Waals surface area contributed by atoms with Gasteiger partial charge >= 0.3 is 5.97 Å². The van der Waals surface area contributed by atoms with E-state index in [1.54, 1.807) is 10.8 Å². The van der Waals surface area contributed by atoms with Crippen molar-refractivity contribution in [3.05, 3.63) is 21.9 Å². The van der Waals surface area contributed by atoms with Crippen molar-refractivity contribution in [1.82, 2.24) is 0 Å². The van der Waals surface area contributed by atoms with Gasteiger partial charge in [0.25, 0.3) is 0 Å². The number of carboxylic acids is 1. The molecule has 0 aliphatic rings. The summed E-state index contributed by atoms with van der Waals surface area (Å²) >= 11 is 2.77. The highest BCUT2D eigenvalue weighted by Gasteiger charge is 2.15. The van der Waals surface area contributed by atoms with Gasteiger partial charge in [-0.15, -0.1) is 22.7 Å². The average molecular weight is 209 g/mol. The summed E-state index contributed by atoms with van der Waals surface area (Å²) in [5.41, 5.74) is 0.691. The number of nitrogens with zero attached hydrogens (tertiary/aromatic N) is 1. The van der Waals surface area contributed by atoms with E-state index in [1.165, 1.54) is 22.7 Å². The van der Waals surface area contributed by atoms with E-state index in [1.807, 2.05) is 6.07 Å². The first-order valence-corrected chi connectivity index (χ1v) is 5.12. The first-order chi connectivity index (χ1) is 6.24. The van der Waals surface area contributed by atoms with E-state index in [0.29, 0.717) is 10.9 Å². The van der Waals surface area contributed by atoms with Crippen molar-refractivity contribution in [2.45, 2.75) is 0 Å².